The van der Waals surface area contributed by atoms with Gasteiger partial charge in [-0.25, -0.2) is 8.42 Å². The molecule has 0 saturated carbocycles. The van der Waals surface area contributed by atoms with Crippen molar-refractivity contribution in [1.29, 1.82) is 0 Å². The SMILES string of the molecule is C=CCOCC(CCCCCCCC(C)C)OCCOS(=O)(=O)[O-].[Na+]. The molecule has 0 rings (SSSR count). The summed E-state index contributed by atoms with van der Waals surface area (Å²) in [5, 5.41) is 0. The molecule has 0 N–H and O–H groups in total. The van der Waals surface area contributed by atoms with E-state index in [0.717, 1.165) is 25.2 Å². The average Bonchev–Trinajstić information content (AvgIpc) is 2.48. The molecule has 0 aromatic carbocycles. The summed E-state index contributed by atoms with van der Waals surface area (Å²) in [6.45, 7) is 8.73. The minimum Gasteiger partial charge on any atom is -0.726 e. The fraction of sp³-hybridized carbons (Fsp3) is 0.882. The molecule has 1 atom stereocenters. The molecule has 25 heavy (non-hydrogen) atoms. The number of ether oxygens (including phenoxy) is 2. The van der Waals surface area contributed by atoms with E-state index in [9.17, 15) is 13.0 Å². The summed E-state index contributed by atoms with van der Waals surface area (Å²) in [4.78, 5) is 0. The maximum Gasteiger partial charge on any atom is 1.00 e. The van der Waals surface area contributed by atoms with Crippen molar-refractivity contribution in [2.24, 2.45) is 5.92 Å². The van der Waals surface area contributed by atoms with E-state index < -0.39 is 10.4 Å². The predicted molar refractivity (Wildman–Crippen MR) is 93.6 cm³/mol. The minimum atomic E-state index is -4.65. The van der Waals surface area contributed by atoms with Crippen LogP contribution in [0.2, 0.25) is 0 Å². The van der Waals surface area contributed by atoms with Crippen LogP contribution < -0.4 is 29.6 Å². The number of hydrogen-bond donors (Lipinski definition) is 0. The Hall–Kier alpha value is 0.530. The Bertz CT molecular complexity index is 400. The molecule has 0 fully saturated rings. The van der Waals surface area contributed by atoms with Gasteiger partial charge in [0.05, 0.1) is 32.5 Å². The molecule has 1 unspecified atom stereocenters. The zero-order valence-corrected chi connectivity index (χ0v) is 18.9. The van der Waals surface area contributed by atoms with E-state index in [4.69, 9.17) is 9.47 Å². The maximum atomic E-state index is 10.4. The fourth-order valence-corrected chi connectivity index (χ4v) is 2.58. The Kier molecular flexibility index (Phi) is 19.9. The van der Waals surface area contributed by atoms with Crippen LogP contribution in [0.1, 0.15) is 58.8 Å². The van der Waals surface area contributed by atoms with Crippen molar-refractivity contribution in [1.82, 2.24) is 0 Å². The molecular formula is C17H33NaO6S. The summed E-state index contributed by atoms with van der Waals surface area (Å²) in [5.41, 5.74) is 0. The maximum absolute atomic E-state index is 10.4. The topological polar surface area (TPSA) is 84.9 Å². The van der Waals surface area contributed by atoms with E-state index in [1.54, 1.807) is 6.08 Å². The Morgan fingerprint density at radius 3 is 2.20 bits per heavy atom. The molecule has 8 heteroatoms. The molecule has 6 nitrogen and oxygen atoms in total. The molecule has 0 heterocycles. The summed E-state index contributed by atoms with van der Waals surface area (Å²) in [5.74, 6) is 0.768. The van der Waals surface area contributed by atoms with E-state index >= 15 is 0 Å². The van der Waals surface area contributed by atoms with Crippen LogP contribution in [0.4, 0.5) is 0 Å². The summed E-state index contributed by atoms with van der Waals surface area (Å²) in [7, 11) is -4.65. The van der Waals surface area contributed by atoms with Gasteiger partial charge in [-0.3, -0.25) is 4.18 Å². The van der Waals surface area contributed by atoms with Crippen molar-refractivity contribution >= 4 is 10.4 Å². The number of hydrogen-bond acceptors (Lipinski definition) is 6. The Morgan fingerprint density at radius 2 is 1.64 bits per heavy atom. The third-order valence-corrected chi connectivity index (χ3v) is 3.97. The fourth-order valence-electron chi connectivity index (χ4n) is 2.30. The van der Waals surface area contributed by atoms with E-state index in [2.05, 4.69) is 24.6 Å². The van der Waals surface area contributed by atoms with Crippen molar-refractivity contribution in [2.45, 2.75) is 64.9 Å². The third kappa shape index (κ3) is 22.5. The van der Waals surface area contributed by atoms with Crippen molar-refractivity contribution in [2.75, 3.05) is 26.4 Å². The first kappa shape index (κ1) is 27.7. The van der Waals surface area contributed by atoms with E-state index in [1.165, 1.54) is 25.7 Å². The molecule has 0 aliphatic rings. The van der Waals surface area contributed by atoms with Crippen LogP contribution in [0.3, 0.4) is 0 Å². The van der Waals surface area contributed by atoms with Gasteiger partial charge in [-0.2, -0.15) is 0 Å². The van der Waals surface area contributed by atoms with Crippen LogP contribution in [-0.4, -0.2) is 45.5 Å². The van der Waals surface area contributed by atoms with Crippen molar-refractivity contribution in [3.05, 3.63) is 12.7 Å². The van der Waals surface area contributed by atoms with Crippen LogP contribution in [0.5, 0.6) is 0 Å². The van der Waals surface area contributed by atoms with Crippen LogP contribution in [0.15, 0.2) is 12.7 Å². The second kappa shape index (κ2) is 17.9. The van der Waals surface area contributed by atoms with E-state index in [1.807, 2.05) is 0 Å². The van der Waals surface area contributed by atoms with Gasteiger partial charge in [-0.1, -0.05) is 58.4 Å². The molecule has 0 spiro atoms. The Labute approximate surface area is 175 Å². The Morgan fingerprint density at radius 1 is 1.04 bits per heavy atom. The van der Waals surface area contributed by atoms with Gasteiger partial charge in [0.25, 0.3) is 0 Å². The Balaban J connectivity index is 0. The third-order valence-electron chi connectivity index (χ3n) is 3.51. The van der Waals surface area contributed by atoms with Gasteiger partial charge in [0, 0.05) is 0 Å². The first-order valence-corrected chi connectivity index (χ1v) is 10.1. The molecule has 0 aliphatic carbocycles. The zero-order chi connectivity index (χ0) is 18.3. The summed E-state index contributed by atoms with van der Waals surface area (Å²) >= 11 is 0. The smallest absolute Gasteiger partial charge is 0.726 e. The second-order valence-corrected chi connectivity index (χ2v) is 7.34. The average molecular weight is 389 g/mol. The van der Waals surface area contributed by atoms with Crippen LogP contribution in [-0.2, 0) is 24.1 Å². The summed E-state index contributed by atoms with van der Waals surface area (Å²) in [6.07, 6.45) is 9.58. The largest absolute Gasteiger partial charge is 1.00 e. The molecule has 0 saturated heterocycles. The molecule has 0 aliphatic heterocycles. The normalized spacial score (nSPS) is 12.8. The standard InChI is InChI=1S/C17H34O6S.Na/c1-4-12-21-15-17(22-13-14-23-24(18,19)20)11-9-7-5-6-8-10-16(2)3;/h4,16-17H,1,5-15H2,2-3H3,(H,18,19,20);/q;+1/p-1. The number of unbranched alkanes of at least 4 members (excludes halogenated alkanes) is 4. The van der Waals surface area contributed by atoms with Gasteiger partial charge in [-0.05, 0) is 12.3 Å². The van der Waals surface area contributed by atoms with E-state index in [-0.39, 0.29) is 48.9 Å². The zero-order valence-electron chi connectivity index (χ0n) is 16.1. The van der Waals surface area contributed by atoms with Crippen LogP contribution in [0, 0.1) is 5.92 Å². The second-order valence-electron chi connectivity index (χ2n) is 6.29. The van der Waals surface area contributed by atoms with E-state index in [0.29, 0.717) is 13.2 Å². The monoisotopic (exact) mass is 388 g/mol. The van der Waals surface area contributed by atoms with Crippen LogP contribution in [0.25, 0.3) is 0 Å². The molecule has 0 amide bonds. The van der Waals surface area contributed by atoms with Crippen molar-refractivity contribution < 1.29 is 56.2 Å². The molecule has 0 aromatic rings. The van der Waals surface area contributed by atoms with Crippen LogP contribution >= 0.6 is 0 Å². The molecule has 0 aromatic heterocycles. The van der Waals surface area contributed by atoms with Crippen molar-refractivity contribution in [3.63, 3.8) is 0 Å². The van der Waals surface area contributed by atoms with Gasteiger partial charge in [0.15, 0.2) is 0 Å². The molecule has 0 radical (unpaired) electrons. The number of rotatable bonds is 17. The summed E-state index contributed by atoms with van der Waals surface area (Å²) in [6, 6.07) is 0. The first-order valence-electron chi connectivity index (χ1n) is 8.75. The molecule has 0 bridgehead atoms. The van der Waals surface area contributed by atoms with Gasteiger partial charge < -0.3 is 14.0 Å². The first-order chi connectivity index (χ1) is 11.3. The summed E-state index contributed by atoms with van der Waals surface area (Å²) < 4.78 is 46.2. The van der Waals surface area contributed by atoms with Gasteiger partial charge in [0.1, 0.15) is 0 Å². The molecular weight excluding hydrogens is 355 g/mol. The van der Waals surface area contributed by atoms with Gasteiger partial charge in [-0.15, -0.1) is 6.58 Å². The molecule has 144 valence electrons. The van der Waals surface area contributed by atoms with Gasteiger partial charge >= 0.3 is 29.6 Å². The van der Waals surface area contributed by atoms with Crippen molar-refractivity contribution in [3.8, 4) is 0 Å². The van der Waals surface area contributed by atoms with Gasteiger partial charge in [0.2, 0.25) is 10.4 Å². The quantitative estimate of drug-likeness (QED) is 0.118. The predicted octanol–water partition coefficient (Wildman–Crippen LogP) is 0.442. The minimum absolute atomic E-state index is 0.